The second-order valence-electron chi connectivity index (χ2n) is 4.52. The van der Waals surface area contributed by atoms with Gasteiger partial charge in [-0.1, -0.05) is 30.3 Å². The molecule has 0 saturated heterocycles. The molecule has 0 fully saturated rings. The first-order chi connectivity index (χ1) is 9.88. The Morgan fingerprint density at radius 1 is 1.33 bits per heavy atom. The van der Waals surface area contributed by atoms with E-state index in [4.69, 9.17) is 0 Å². The van der Waals surface area contributed by atoms with Crippen LogP contribution in [0.3, 0.4) is 0 Å². The molecule has 0 radical (unpaired) electrons. The number of benzene rings is 1. The molecule has 0 bridgehead atoms. The average Bonchev–Trinajstić information content (AvgIpc) is 2.81. The molecule has 0 aliphatic carbocycles. The van der Waals surface area contributed by atoms with Crippen molar-refractivity contribution in [2.24, 2.45) is 7.05 Å². The minimum Gasteiger partial charge on any atom is -0.480 e. The lowest BCUT2D eigenvalue weighted by Gasteiger charge is -2.12. The van der Waals surface area contributed by atoms with Crippen LogP contribution in [0.25, 0.3) is 0 Å². The molecule has 9 heteroatoms. The van der Waals surface area contributed by atoms with Crippen LogP contribution in [0.4, 0.5) is 0 Å². The van der Waals surface area contributed by atoms with Crippen LogP contribution in [0.1, 0.15) is 11.4 Å². The van der Waals surface area contributed by atoms with Gasteiger partial charge >= 0.3 is 5.97 Å². The van der Waals surface area contributed by atoms with Gasteiger partial charge in [0.25, 0.3) is 0 Å². The summed E-state index contributed by atoms with van der Waals surface area (Å²) in [5.41, 5.74) is 0.639. The number of aryl methyl sites for hydroxylation is 1. The number of aliphatic carboxylic acids is 1. The molecule has 0 aliphatic heterocycles. The van der Waals surface area contributed by atoms with Crippen molar-refractivity contribution >= 4 is 15.8 Å². The summed E-state index contributed by atoms with van der Waals surface area (Å²) in [6, 6.07) is 8.60. The first-order valence-corrected chi connectivity index (χ1v) is 7.81. The summed E-state index contributed by atoms with van der Waals surface area (Å²) in [5.74, 6) is -1.95. The second kappa shape index (κ2) is 6.00. The van der Waals surface area contributed by atoms with Gasteiger partial charge in [-0.15, -0.1) is 10.2 Å². The van der Waals surface area contributed by atoms with Crippen LogP contribution in [0.15, 0.2) is 30.3 Å². The number of carbonyl (C=O) groups is 1. The minimum absolute atomic E-state index is 0.0168. The van der Waals surface area contributed by atoms with Crippen molar-refractivity contribution in [3.8, 4) is 0 Å². The first-order valence-electron chi connectivity index (χ1n) is 6.09. The highest BCUT2D eigenvalue weighted by Crippen LogP contribution is 2.14. The maximum Gasteiger partial charge on any atom is 0.322 e. The Morgan fingerprint density at radius 3 is 2.52 bits per heavy atom. The molecule has 2 rings (SSSR count). The van der Waals surface area contributed by atoms with Gasteiger partial charge < -0.3 is 5.11 Å². The van der Waals surface area contributed by atoms with Gasteiger partial charge in [0.2, 0.25) is 0 Å². The van der Waals surface area contributed by atoms with Gasteiger partial charge in [0.1, 0.15) is 5.75 Å². The number of hydrogen-bond donors (Lipinski definition) is 1. The van der Waals surface area contributed by atoms with Gasteiger partial charge in [-0.25, -0.2) is 8.42 Å². The standard InChI is InChI=1S/C12H14N4O4S/c1-16-14-11(13-15-16)8-21(19,20)10(12(17)18)7-9-5-3-2-4-6-9/h2-6,10H,7-8H2,1H3,(H,17,18). The lowest BCUT2D eigenvalue weighted by molar-refractivity contribution is -0.136. The van der Waals surface area contributed by atoms with E-state index in [1.165, 1.54) is 7.05 Å². The Morgan fingerprint density at radius 2 is 2.00 bits per heavy atom. The largest absolute Gasteiger partial charge is 0.480 e. The fourth-order valence-electron chi connectivity index (χ4n) is 1.86. The number of tetrazole rings is 1. The lowest BCUT2D eigenvalue weighted by Crippen LogP contribution is -2.33. The van der Waals surface area contributed by atoms with Crippen molar-refractivity contribution in [1.29, 1.82) is 0 Å². The maximum absolute atomic E-state index is 12.3. The second-order valence-corrected chi connectivity index (χ2v) is 6.70. The quantitative estimate of drug-likeness (QED) is 0.787. The molecule has 0 saturated carbocycles. The Kier molecular flexibility index (Phi) is 4.32. The topological polar surface area (TPSA) is 115 Å². The van der Waals surface area contributed by atoms with Crippen molar-refractivity contribution in [3.05, 3.63) is 41.7 Å². The number of hydrogen-bond acceptors (Lipinski definition) is 6. The highest BCUT2D eigenvalue weighted by atomic mass is 32.2. The summed E-state index contributed by atoms with van der Waals surface area (Å²) >= 11 is 0. The normalized spacial score (nSPS) is 13.0. The van der Waals surface area contributed by atoms with Crippen LogP contribution < -0.4 is 0 Å². The number of nitrogens with zero attached hydrogens (tertiary/aromatic N) is 4. The number of aromatic nitrogens is 4. The zero-order valence-corrected chi connectivity index (χ0v) is 12.1. The van der Waals surface area contributed by atoms with E-state index in [0.29, 0.717) is 5.56 Å². The van der Waals surface area contributed by atoms with Gasteiger partial charge in [0.15, 0.2) is 20.9 Å². The molecular formula is C12H14N4O4S. The van der Waals surface area contributed by atoms with Crippen LogP contribution in [-0.4, -0.2) is 45.0 Å². The van der Waals surface area contributed by atoms with Crippen molar-refractivity contribution in [2.75, 3.05) is 0 Å². The van der Waals surface area contributed by atoms with E-state index in [1.54, 1.807) is 30.3 Å². The van der Waals surface area contributed by atoms with Crippen LogP contribution in [0, 0.1) is 0 Å². The third-order valence-corrected chi connectivity index (χ3v) is 4.75. The van der Waals surface area contributed by atoms with Gasteiger partial charge in [0.05, 0.1) is 7.05 Å². The predicted octanol–water partition coefficient (Wildman–Crippen LogP) is -0.179. The maximum atomic E-state index is 12.3. The molecule has 2 aromatic rings. The van der Waals surface area contributed by atoms with E-state index < -0.39 is 26.8 Å². The number of carboxylic acids is 1. The van der Waals surface area contributed by atoms with E-state index in [0.717, 1.165) is 4.80 Å². The van der Waals surface area contributed by atoms with E-state index in [2.05, 4.69) is 15.4 Å². The zero-order chi connectivity index (χ0) is 15.5. The fourth-order valence-corrected chi connectivity index (χ4v) is 3.29. The third kappa shape index (κ3) is 3.85. The smallest absolute Gasteiger partial charge is 0.322 e. The number of rotatable bonds is 6. The number of sulfone groups is 1. The molecule has 112 valence electrons. The van der Waals surface area contributed by atoms with Crippen molar-refractivity contribution < 1.29 is 18.3 Å². The van der Waals surface area contributed by atoms with Crippen LogP contribution in [0.5, 0.6) is 0 Å². The summed E-state index contributed by atoms with van der Waals surface area (Å²) in [6.07, 6.45) is -0.0984. The van der Waals surface area contributed by atoms with E-state index in [9.17, 15) is 18.3 Å². The van der Waals surface area contributed by atoms with Crippen LogP contribution in [-0.2, 0) is 33.9 Å². The van der Waals surface area contributed by atoms with E-state index in [-0.39, 0.29) is 12.2 Å². The summed E-state index contributed by atoms with van der Waals surface area (Å²) < 4.78 is 24.5. The summed E-state index contributed by atoms with van der Waals surface area (Å²) in [5, 5.41) is 18.6. The van der Waals surface area contributed by atoms with Gasteiger partial charge in [-0.05, 0) is 17.2 Å². The molecule has 1 unspecified atom stereocenters. The summed E-state index contributed by atoms with van der Waals surface area (Å²) in [6.45, 7) is 0. The van der Waals surface area contributed by atoms with E-state index >= 15 is 0 Å². The first kappa shape index (κ1) is 15.1. The molecule has 21 heavy (non-hydrogen) atoms. The minimum atomic E-state index is -3.94. The van der Waals surface area contributed by atoms with Gasteiger partial charge in [0, 0.05) is 0 Å². The monoisotopic (exact) mass is 310 g/mol. The van der Waals surface area contributed by atoms with Gasteiger partial charge in [-0.3, -0.25) is 4.79 Å². The molecule has 1 aromatic heterocycles. The van der Waals surface area contributed by atoms with Gasteiger partial charge in [-0.2, -0.15) is 4.80 Å². The summed E-state index contributed by atoms with van der Waals surface area (Å²) in [7, 11) is -2.44. The average molecular weight is 310 g/mol. The van der Waals surface area contributed by atoms with Crippen LogP contribution >= 0.6 is 0 Å². The third-order valence-electron chi connectivity index (χ3n) is 2.85. The molecule has 0 spiro atoms. The molecule has 8 nitrogen and oxygen atoms in total. The Labute approximate surface area is 121 Å². The Bertz CT molecular complexity index is 727. The molecule has 0 amide bonds. The van der Waals surface area contributed by atoms with Crippen molar-refractivity contribution in [1.82, 2.24) is 20.2 Å². The predicted molar refractivity (Wildman–Crippen MR) is 73.0 cm³/mol. The Balaban J connectivity index is 2.22. The highest BCUT2D eigenvalue weighted by molar-refractivity contribution is 7.92. The molecule has 1 aromatic carbocycles. The molecule has 0 aliphatic rings. The van der Waals surface area contributed by atoms with Crippen LogP contribution in [0.2, 0.25) is 0 Å². The van der Waals surface area contributed by atoms with Crippen molar-refractivity contribution in [2.45, 2.75) is 17.4 Å². The lowest BCUT2D eigenvalue weighted by atomic mass is 10.1. The molecular weight excluding hydrogens is 296 g/mol. The zero-order valence-electron chi connectivity index (χ0n) is 11.2. The molecule has 1 heterocycles. The summed E-state index contributed by atoms with van der Waals surface area (Å²) in [4.78, 5) is 12.4. The highest BCUT2D eigenvalue weighted by Gasteiger charge is 2.33. The fraction of sp³-hybridized carbons (Fsp3) is 0.333. The SMILES string of the molecule is Cn1nnc(CS(=O)(=O)C(Cc2ccccc2)C(=O)O)n1. The molecule has 1 atom stereocenters. The van der Waals surface area contributed by atoms with Crippen molar-refractivity contribution in [3.63, 3.8) is 0 Å². The molecule has 1 N–H and O–H groups in total. The Hall–Kier alpha value is -2.29. The number of carboxylic acid groups (broad SMARTS) is 1. The van der Waals surface area contributed by atoms with E-state index in [1.807, 2.05) is 0 Å².